The van der Waals surface area contributed by atoms with Gasteiger partial charge in [0.2, 0.25) is 0 Å². The Morgan fingerprint density at radius 3 is 2.41 bits per heavy atom. The van der Waals surface area contributed by atoms with E-state index >= 15 is 0 Å². The molecular weight excluding hydrogens is 278 g/mol. The topological polar surface area (TPSA) is 46.6 Å². The molecule has 1 aromatic carbocycles. The summed E-state index contributed by atoms with van der Waals surface area (Å²) in [5, 5.41) is 3.35. The van der Waals surface area contributed by atoms with Crippen LogP contribution in [0.2, 0.25) is 0 Å². The van der Waals surface area contributed by atoms with Crippen LogP contribution in [0.3, 0.4) is 0 Å². The zero-order valence-corrected chi connectivity index (χ0v) is 13.8. The van der Waals surface area contributed by atoms with Crippen molar-refractivity contribution < 1.29 is 9.47 Å². The quantitative estimate of drug-likeness (QED) is 0.888. The van der Waals surface area contributed by atoms with Crippen LogP contribution in [-0.2, 0) is 6.54 Å². The second kappa shape index (κ2) is 7.02. The second-order valence-electron chi connectivity index (χ2n) is 5.28. The molecule has 0 aliphatic heterocycles. The van der Waals surface area contributed by atoms with Crippen LogP contribution in [0.1, 0.15) is 11.1 Å². The van der Waals surface area contributed by atoms with Crippen LogP contribution in [0.5, 0.6) is 11.5 Å². The molecule has 22 heavy (non-hydrogen) atoms. The first-order valence-electron chi connectivity index (χ1n) is 7.14. The van der Waals surface area contributed by atoms with Crippen molar-refractivity contribution in [2.75, 3.05) is 38.5 Å². The highest BCUT2D eigenvalue weighted by Gasteiger charge is 2.09. The maximum atomic E-state index is 5.36. The lowest BCUT2D eigenvalue weighted by atomic mass is 10.1. The lowest BCUT2D eigenvalue weighted by molar-refractivity contribution is 0.354. The molecule has 0 aliphatic carbocycles. The highest BCUT2D eigenvalue weighted by atomic mass is 16.5. The predicted molar refractivity (Wildman–Crippen MR) is 90.2 cm³/mol. The molecule has 1 aromatic heterocycles. The Hall–Kier alpha value is -2.43. The van der Waals surface area contributed by atoms with Crippen molar-refractivity contribution in [1.82, 2.24) is 4.98 Å². The highest BCUT2D eigenvalue weighted by molar-refractivity contribution is 5.54. The molecule has 0 unspecified atom stereocenters. The summed E-state index contributed by atoms with van der Waals surface area (Å²) in [6, 6.07) is 7.99. The summed E-state index contributed by atoms with van der Waals surface area (Å²) in [4.78, 5) is 6.40. The number of pyridine rings is 1. The lowest BCUT2D eigenvalue weighted by Gasteiger charge is -2.15. The average Bonchev–Trinajstić information content (AvgIpc) is 2.53. The van der Waals surface area contributed by atoms with Gasteiger partial charge in [-0.2, -0.15) is 0 Å². The van der Waals surface area contributed by atoms with E-state index in [1.165, 1.54) is 0 Å². The molecule has 0 spiro atoms. The van der Waals surface area contributed by atoms with Crippen molar-refractivity contribution in [1.29, 1.82) is 0 Å². The maximum absolute atomic E-state index is 5.36. The normalized spacial score (nSPS) is 10.2. The Labute approximate surface area is 131 Å². The summed E-state index contributed by atoms with van der Waals surface area (Å²) in [7, 11) is 7.31. The van der Waals surface area contributed by atoms with Gasteiger partial charge in [-0.3, -0.25) is 0 Å². The van der Waals surface area contributed by atoms with Gasteiger partial charge in [0.25, 0.3) is 0 Å². The lowest BCUT2D eigenvalue weighted by Crippen LogP contribution is -2.10. The van der Waals surface area contributed by atoms with Gasteiger partial charge >= 0.3 is 0 Å². The van der Waals surface area contributed by atoms with E-state index in [1.807, 2.05) is 38.4 Å². The predicted octanol–water partition coefficient (Wildman–Crippen LogP) is 3.09. The van der Waals surface area contributed by atoms with E-state index in [4.69, 9.17) is 9.47 Å². The van der Waals surface area contributed by atoms with Gasteiger partial charge in [-0.25, -0.2) is 4.98 Å². The molecule has 0 amide bonds. The smallest absolute Gasteiger partial charge is 0.161 e. The fourth-order valence-corrected chi connectivity index (χ4v) is 2.19. The van der Waals surface area contributed by atoms with Gasteiger partial charge in [0.1, 0.15) is 5.82 Å². The van der Waals surface area contributed by atoms with Crippen molar-refractivity contribution in [2.24, 2.45) is 0 Å². The third-order valence-corrected chi connectivity index (χ3v) is 3.56. The Balaban J connectivity index is 2.16. The van der Waals surface area contributed by atoms with Gasteiger partial charge in [0.15, 0.2) is 11.5 Å². The third-order valence-electron chi connectivity index (χ3n) is 3.56. The molecule has 0 saturated heterocycles. The Kier molecular flexibility index (Phi) is 5.09. The number of hydrogen-bond donors (Lipinski definition) is 1. The van der Waals surface area contributed by atoms with Crippen molar-refractivity contribution in [3.63, 3.8) is 0 Å². The molecule has 2 rings (SSSR count). The van der Waals surface area contributed by atoms with Gasteiger partial charge in [0.05, 0.1) is 14.2 Å². The molecule has 1 N–H and O–H groups in total. The molecule has 2 aromatic rings. The molecule has 0 saturated carbocycles. The van der Waals surface area contributed by atoms with Gasteiger partial charge in [-0.15, -0.1) is 0 Å². The largest absolute Gasteiger partial charge is 0.493 e. The summed E-state index contributed by atoms with van der Waals surface area (Å²) < 4.78 is 10.7. The fourth-order valence-electron chi connectivity index (χ4n) is 2.19. The van der Waals surface area contributed by atoms with Crippen LogP contribution in [0.15, 0.2) is 30.5 Å². The summed E-state index contributed by atoms with van der Waals surface area (Å²) >= 11 is 0. The number of nitrogens with one attached hydrogen (secondary N) is 1. The molecular formula is C17H23N3O2. The first kappa shape index (κ1) is 15.9. The molecule has 5 heteroatoms. The summed E-state index contributed by atoms with van der Waals surface area (Å²) in [6.45, 7) is 2.73. The number of rotatable bonds is 6. The first-order chi connectivity index (χ1) is 10.5. The molecule has 0 bridgehead atoms. The number of hydrogen-bond acceptors (Lipinski definition) is 5. The number of aromatic nitrogens is 1. The van der Waals surface area contributed by atoms with E-state index in [0.717, 1.165) is 34.1 Å². The van der Waals surface area contributed by atoms with Crippen LogP contribution in [0.25, 0.3) is 0 Å². The van der Waals surface area contributed by atoms with Crippen LogP contribution >= 0.6 is 0 Å². The molecule has 1 heterocycles. The van der Waals surface area contributed by atoms with E-state index in [-0.39, 0.29) is 0 Å². The van der Waals surface area contributed by atoms with Crippen molar-refractivity contribution in [3.05, 3.63) is 41.6 Å². The van der Waals surface area contributed by atoms with E-state index in [1.54, 1.807) is 20.4 Å². The van der Waals surface area contributed by atoms with Crippen LogP contribution in [0.4, 0.5) is 11.5 Å². The van der Waals surface area contributed by atoms with Crippen LogP contribution in [-0.4, -0.2) is 33.3 Å². The average molecular weight is 301 g/mol. The van der Waals surface area contributed by atoms with Gasteiger partial charge in [-0.05, 0) is 36.2 Å². The van der Waals surface area contributed by atoms with Crippen LogP contribution in [0, 0.1) is 6.92 Å². The SMILES string of the molecule is COc1cc(C)c(CNc2cc(N(C)C)ccn2)cc1OC. The molecule has 0 atom stereocenters. The zero-order chi connectivity index (χ0) is 16.1. The monoisotopic (exact) mass is 301 g/mol. The minimum atomic E-state index is 0.677. The third kappa shape index (κ3) is 3.61. The Bertz CT molecular complexity index is 642. The minimum Gasteiger partial charge on any atom is -0.493 e. The van der Waals surface area contributed by atoms with Gasteiger partial charge in [-0.1, -0.05) is 0 Å². The van der Waals surface area contributed by atoms with Gasteiger partial charge < -0.3 is 19.7 Å². The van der Waals surface area contributed by atoms with E-state index in [0.29, 0.717) is 6.54 Å². The first-order valence-corrected chi connectivity index (χ1v) is 7.14. The zero-order valence-electron chi connectivity index (χ0n) is 13.8. The summed E-state index contributed by atoms with van der Waals surface area (Å²) in [6.07, 6.45) is 1.80. The van der Waals surface area contributed by atoms with Crippen molar-refractivity contribution in [3.8, 4) is 11.5 Å². The van der Waals surface area contributed by atoms with Crippen molar-refractivity contribution >= 4 is 11.5 Å². The molecule has 5 nitrogen and oxygen atoms in total. The molecule has 0 fully saturated rings. The van der Waals surface area contributed by atoms with Crippen LogP contribution < -0.4 is 19.7 Å². The van der Waals surface area contributed by atoms with E-state index < -0.39 is 0 Å². The molecule has 118 valence electrons. The van der Waals surface area contributed by atoms with Gasteiger partial charge in [0, 0.05) is 38.6 Å². The van der Waals surface area contributed by atoms with Crippen molar-refractivity contribution in [2.45, 2.75) is 13.5 Å². The molecule has 0 aliphatic rings. The number of ether oxygens (including phenoxy) is 2. The number of benzene rings is 1. The molecule has 0 radical (unpaired) electrons. The number of aryl methyl sites for hydroxylation is 1. The standard InChI is InChI=1S/C17H23N3O2/c1-12-8-15(21-4)16(22-5)9-13(12)11-19-17-10-14(20(2)3)6-7-18-17/h6-10H,11H2,1-5H3,(H,18,19). The van der Waals surface area contributed by atoms with E-state index in [9.17, 15) is 0 Å². The Morgan fingerprint density at radius 1 is 1.09 bits per heavy atom. The number of anilines is 2. The fraction of sp³-hybridized carbons (Fsp3) is 0.353. The summed E-state index contributed by atoms with van der Waals surface area (Å²) in [5.74, 6) is 2.33. The number of methoxy groups -OCH3 is 2. The maximum Gasteiger partial charge on any atom is 0.161 e. The van der Waals surface area contributed by atoms with E-state index in [2.05, 4.69) is 22.1 Å². The highest BCUT2D eigenvalue weighted by Crippen LogP contribution is 2.30. The minimum absolute atomic E-state index is 0.677. The second-order valence-corrected chi connectivity index (χ2v) is 5.28. The summed E-state index contributed by atoms with van der Waals surface area (Å²) in [5.41, 5.74) is 3.41. The Morgan fingerprint density at radius 2 is 1.77 bits per heavy atom. The number of nitrogens with zero attached hydrogens (tertiary/aromatic N) is 2.